The monoisotopic (exact) mass is 401 g/mol. The highest BCUT2D eigenvalue weighted by Crippen LogP contribution is 2.16. The van der Waals surface area contributed by atoms with Gasteiger partial charge in [-0.1, -0.05) is 13.8 Å². The van der Waals surface area contributed by atoms with Gasteiger partial charge in [-0.05, 0) is 25.2 Å². The number of Topliss-reactive ketones (excluding diaryl/α,β-unsaturated/α-hetero) is 1. The Labute approximate surface area is 164 Å². The first-order chi connectivity index (χ1) is 13.1. The summed E-state index contributed by atoms with van der Waals surface area (Å²) in [6.07, 6.45) is 0.787. The molecule has 10 heteroatoms. The molecule has 28 heavy (non-hydrogen) atoms. The summed E-state index contributed by atoms with van der Waals surface area (Å²) in [6, 6.07) is -1.51. The van der Waals surface area contributed by atoms with E-state index in [1.807, 2.05) is 0 Å². The summed E-state index contributed by atoms with van der Waals surface area (Å²) in [5, 5.41) is 14.3. The van der Waals surface area contributed by atoms with Crippen LogP contribution in [0.15, 0.2) is 0 Å². The van der Waals surface area contributed by atoms with Gasteiger partial charge in [0.2, 0.25) is 5.91 Å². The van der Waals surface area contributed by atoms with Crippen LogP contribution in [0.4, 0.5) is 4.79 Å². The summed E-state index contributed by atoms with van der Waals surface area (Å²) in [6.45, 7) is 3.73. The van der Waals surface area contributed by atoms with Crippen molar-refractivity contribution >= 4 is 29.7 Å². The molecule has 0 aromatic heterocycles. The number of amides is 3. The number of carboxylic acids is 1. The summed E-state index contributed by atoms with van der Waals surface area (Å²) < 4.78 is 4.50. The number of nitrogens with two attached hydrogens (primary N) is 1. The number of hydrogen-bond acceptors (Lipinski definition) is 6. The van der Waals surface area contributed by atoms with Gasteiger partial charge in [-0.15, -0.1) is 0 Å². The number of hydrogen-bond donors (Lipinski definition) is 4. The van der Waals surface area contributed by atoms with Gasteiger partial charge in [0.25, 0.3) is 0 Å². The molecule has 160 valence electrons. The number of nitrogens with one attached hydrogen (secondary N) is 2. The third kappa shape index (κ3) is 11.1. The van der Waals surface area contributed by atoms with Crippen LogP contribution in [-0.4, -0.2) is 54.5 Å². The van der Waals surface area contributed by atoms with Gasteiger partial charge in [0, 0.05) is 25.8 Å². The Morgan fingerprint density at radius 3 is 2.21 bits per heavy atom. The molecule has 5 N–H and O–H groups in total. The van der Waals surface area contributed by atoms with Gasteiger partial charge in [-0.2, -0.15) is 0 Å². The maximum atomic E-state index is 12.6. The van der Waals surface area contributed by atoms with E-state index in [1.54, 1.807) is 13.8 Å². The van der Waals surface area contributed by atoms with Crippen molar-refractivity contribution < 1.29 is 33.8 Å². The van der Waals surface area contributed by atoms with Crippen molar-refractivity contribution in [2.45, 2.75) is 58.4 Å². The molecule has 0 bridgehead atoms. The lowest BCUT2D eigenvalue weighted by atomic mass is 9.90. The topological polar surface area (TPSA) is 165 Å². The number of carboxylic acid groups (broad SMARTS) is 1. The minimum Gasteiger partial charge on any atom is -0.481 e. The van der Waals surface area contributed by atoms with E-state index in [0.717, 1.165) is 0 Å². The number of carbonyl (C=O) groups is 5. The molecule has 2 atom stereocenters. The molecule has 0 aliphatic carbocycles. The van der Waals surface area contributed by atoms with Gasteiger partial charge in [0.1, 0.15) is 0 Å². The molecule has 0 saturated carbocycles. The number of methoxy groups -OCH3 is 1. The zero-order valence-electron chi connectivity index (χ0n) is 16.7. The van der Waals surface area contributed by atoms with E-state index in [0.29, 0.717) is 12.8 Å². The molecule has 0 aliphatic rings. The van der Waals surface area contributed by atoms with Crippen molar-refractivity contribution in [2.24, 2.45) is 17.6 Å². The van der Waals surface area contributed by atoms with Crippen molar-refractivity contribution in [3.05, 3.63) is 0 Å². The van der Waals surface area contributed by atoms with E-state index in [1.165, 1.54) is 7.11 Å². The third-order valence-corrected chi connectivity index (χ3v) is 4.17. The number of primary amides is 1. The van der Waals surface area contributed by atoms with Crippen LogP contribution < -0.4 is 16.4 Å². The Balaban J connectivity index is 4.66. The molecule has 0 aliphatic heterocycles. The summed E-state index contributed by atoms with van der Waals surface area (Å²) in [5.74, 6) is -3.42. The van der Waals surface area contributed by atoms with Gasteiger partial charge in [0.15, 0.2) is 5.78 Å². The highest BCUT2D eigenvalue weighted by Gasteiger charge is 2.29. The lowest BCUT2D eigenvalue weighted by Gasteiger charge is -2.23. The first kappa shape index (κ1) is 25.4. The number of ketones is 1. The highest BCUT2D eigenvalue weighted by atomic mass is 16.5. The molecule has 0 unspecified atom stereocenters. The second-order valence-corrected chi connectivity index (χ2v) is 6.86. The number of urea groups is 1. The average Bonchev–Trinajstić information content (AvgIpc) is 2.61. The number of rotatable bonds is 14. The predicted octanol–water partition coefficient (Wildman–Crippen LogP) is 0.579. The lowest BCUT2D eigenvalue weighted by molar-refractivity contribution is -0.144. The first-order valence-corrected chi connectivity index (χ1v) is 9.23. The average molecular weight is 401 g/mol. The van der Waals surface area contributed by atoms with Gasteiger partial charge < -0.3 is 26.2 Å². The Bertz CT molecular complexity index is 563. The Kier molecular flexibility index (Phi) is 12.2. The van der Waals surface area contributed by atoms with Crippen LogP contribution in [0, 0.1) is 11.8 Å². The van der Waals surface area contributed by atoms with Crippen molar-refractivity contribution in [3.8, 4) is 0 Å². The van der Waals surface area contributed by atoms with E-state index < -0.39 is 29.9 Å². The van der Waals surface area contributed by atoms with Crippen LogP contribution in [-0.2, 0) is 23.9 Å². The minimum absolute atomic E-state index is 0.0622. The summed E-state index contributed by atoms with van der Waals surface area (Å²) >= 11 is 0. The first-order valence-electron chi connectivity index (χ1n) is 9.23. The number of ether oxygens (including phenoxy) is 1. The van der Waals surface area contributed by atoms with Gasteiger partial charge in [0.05, 0.1) is 19.1 Å². The molecule has 10 nitrogen and oxygen atoms in total. The van der Waals surface area contributed by atoms with Gasteiger partial charge >= 0.3 is 18.0 Å². The summed E-state index contributed by atoms with van der Waals surface area (Å²) in [5.41, 5.74) is 4.94. The maximum Gasteiger partial charge on any atom is 0.312 e. The predicted molar refractivity (Wildman–Crippen MR) is 100 cm³/mol. The fourth-order valence-corrected chi connectivity index (χ4v) is 2.60. The maximum absolute atomic E-state index is 12.6. The lowest BCUT2D eigenvalue weighted by Crippen LogP contribution is -2.45. The van der Waals surface area contributed by atoms with E-state index in [2.05, 4.69) is 15.4 Å². The molecule has 0 radical (unpaired) electrons. The smallest absolute Gasteiger partial charge is 0.312 e. The Morgan fingerprint density at radius 2 is 1.71 bits per heavy atom. The van der Waals surface area contributed by atoms with Crippen LogP contribution in [0.1, 0.15) is 52.4 Å². The molecular formula is C18H31N3O7. The van der Waals surface area contributed by atoms with E-state index in [9.17, 15) is 29.1 Å². The van der Waals surface area contributed by atoms with Crippen LogP contribution in [0.3, 0.4) is 0 Å². The molecule has 0 heterocycles. The molecule has 0 spiro atoms. The Hall–Kier alpha value is -2.65. The molecule has 0 fully saturated rings. The summed E-state index contributed by atoms with van der Waals surface area (Å²) in [7, 11) is 1.26. The largest absolute Gasteiger partial charge is 0.481 e. The van der Waals surface area contributed by atoms with Gasteiger partial charge in [-0.3, -0.25) is 19.2 Å². The van der Waals surface area contributed by atoms with Crippen LogP contribution in [0.25, 0.3) is 0 Å². The van der Waals surface area contributed by atoms with Crippen LogP contribution in [0.2, 0.25) is 0 Å². The zero-order valence-corrected chi connectivity index (χ0v) is 16.7. The van der Waals surface area contributed by atoms with E-state index in [-0.39, 0.29) is 49.8 Å². The SMILES string of the molecule is COC(=O)CCCC(=O)N[C@H](C(=O)C[C@@H](CCCNC(N)=O)C(=O)O)C(C)C. The zero-order chi connectivity index (χ0) is 21.7. The van der Waals surface area contributed by atoms with Crippen molar-refractivity contribution in [1.82, 2.24) is 10.6 Å². The van der Waals surface area contributed by atoms with Crippen LogP contribution >= 0.6 is 0 Å². The fourth-order valence-electron chi connectivity index (χ4n) is 2.60. The quantitative estimate of drug-likeness (QED) is 0.244. The molecule has 0 rings (SSSR count). The number of aliphatic carboxylic acids is 1. The standard InChI is InChI=1S/C18H31N3O7/c1-11(2)16(21-14(23)7-4-8-15(24)28-3)13(22)10-12(17(25)26)6-5-9-20-18(19)27/h11-12,16H,4-10H2,1-3H3,(H,21,23)(H,25,26)(H3,19,20,27)/t12-,16+/m1/s1. The number of esters is 1. The van der Waals surface area contributed by atoms with Crippen molar-refractivity contribution in [1.29, 1.82) is 0 Å². The minimum atomic E-state index is -1.11. The highest BCUT2D eigenvalue weighted by molar-refractivity contribution is 5.91. The van der Waals surface area contributed by atoms with Crippen molar-refractivity contribution in [2.75, 3.05) is 13.7 Å². The molecule has 0 aromatic carbocycles. The van der Waals surface area contributed by atoms with Crippen molar-refractivity contribution in [3.63, 3.8) is 0 Å². The second-order valence-electron chi connectivity index (χ2n) is 6.86. The third-order valence-electron chi connectivity index (χ3n) is 4.17. The molecule has 3 amide bonds. The number of carbonyl (C=O) groups excluding carboxylic acids is 4. The fraction of sp³-hybridized carbons (Fsp3) is 0.722. The van der Waals surface area contributed by atoms with Crippen LogP contribution in [0.5, 0.6) is 0 Å². The Morgan fingerprint density at radius 1 is 1.07 bits per heavy atom. The summed E-state index contributed by atoms with van der Waals surface area (Å²) in [4.78, 5) is 57.7. The van der Waals surface area contributed by atoms with E-state index >= 15 is 0 Å². The normalized spacial score (nSPS) is 12.7. The van der Waals surface area contributed by atoms with Gasteiger partial charge in [-0.25, -0.2) is 4.79 Å². The molecule has 0 aromatic rings. The molecular weight excluding hydrogens is 370 g/mol. The molecule has 0 saturated heterocycles. The second kappa shape index (κ2) is 13.5. The van der Waals surface area contributed by atoms with E-state index in [4.69, 9.17) is 5.73 Å².